The average molecular weight is 926 g/mol. The summed E-state index contributed by atoms with van der Waals surface area (Å²) in [6, 6.07) is 7.88. The molecule has 1 unspecified atom stereocenters. The molecule has 6 aliphatic rings. The SMILES string of the molecule is CC[C@@H]1C(=O)Nc2cnc(Nc3ccc(C(=O)NC4(CCO)CCC5(CCN(C[C@H]6CCCN(c7cc(F)c(C8CCC(=O)NC8=O)c(F)c7)C6)CC5)CC4)cc3OC)nc2N1C1CCCC1. The number of benzene rings is 2. The number of nitrogens with one attached hydrogen (secondary N) is 4. The second kappa shape index (κ2) is 19.7. The van der Waals surface area contributed by atoms with Crippen LogP contribution in [0.25, 0.3) is 0 Å². The van der Waals surface area contributed by atoms with E-state index in [2.05, 4.69) is 41.0 Å². The molecular weight excluding hydrogens is 861 g/mol. The maximum absolute atomic E-state index is 15.4. The Hall–Kier alpha value is -5.42. The number of methoxy groups -OCH3 is 1. The van der Waals surface area contributed by atoms with Crippen molar-refractivity contribution in [3.63, 3.8) is 0 Å². The molecule has 3 atom stereocenters. The summed E-state index contributed by atoms with van der Waals surface area (Å²) >= 11 is 0. The van der Waals surface area contributed by atoms with Crippen LogP contribution in [-0.2, 0) is 14.4 Å². The van der Waals surface area contributed by atoms with Gasteiger partial charge in [-0.3, -0.25) is 24.5 Å². The van der Waals surface area contributed by atoms with Gasteiger partial charge in [-0.05, 0) is 138 Å². The van der Waals surface area contributed by atoms with Crippen LogP contribution in [0, 0.1) is 23.0 Å². The topological polar surface area (TPSA) is 181 Å². The lowest BCUT2D eigenvalue weighted by atomic mass is 9.62. The van der Waals surface area contributed by atoms with E-state index < -0.39 is 34.9 Å². The van der Waals surface area contributed by atoms with E-state index >= 15 is 8.78 Å². The number of ether oxygens (including phenoxy) is 1. The van der Waals surface area contributed by atoms with Crippen LogP contribution >= 0.6 is 0 Å². The number of aliphatic hydroxyl groups excluding tert-OH is 1. The summed E-state index contributed by atoms with van der Waals surface area (Å²) < 4.78 is 36.6. The van der Waals surface area contributed by atoms with E-state index in [0.29, 0.717) is 72.0 Å². The molecule has 3 saturated heterocycles. The van der Waals surface area contributed by atoms with Gasteiger partial charge in [-0.1, -0.05) is 19.8 Å². The van der Waals surface area contributed by atoms with Gasteiger partial charge in [0, 0.05) is 61.1 Å². The van der Waals surface area contributed by atoms with Gasteiger partial charge >= 0.3 is 0 Å². The zero-order valence-corrected chi connectivity index (χ0v) is 38.8. The second-order valence-corrected chi connectivity index (χ2v) is 20.0. The molecule has 1 spiro atoms. The van der Waals surface area contributed by atoms with Gasteiger partial charge in [0.05, 0.1) is 24.9 Å². The van der Waals surface area contributed by atoms with E-state index in [9.17, 15) is 24.3 Å². The highest BCUT2D eigenvalue weighted by molar-refractivity contribution is 6.03. The Morgan fingerprint density at radius 1 is 0.925 bits per heavy atom. The Morgan fingerprint density at radius 2 is 1.67 bits per heavy atom. The third kappa shape index (κ3) is 9.81. The molecule has 5 N–H and O–H groups in total. The number of hydrogen-bond donors (Lipinski definition) is 5. The van der Waals surface area contributed by atoms with Gasteiger partial charge < -0.3 is 40.5 Å². The third-order valence-corrected chi connectivity index (χ3v) is 15.9. The summed E-state index contributed by atoms with van der Waals surface area (Å²) in [5.74, 6) is -1.99. The number of nitrogens with zero attached hydrogens (tertiary/aromatic N) is 5. The van der Waals surface area contributed by atoms with E-state index in [0.717, 1.165) is 96.7 Å². The number of carbonyl (C=O) groups excluding carboxylic acids is 4. The summed E-state index contributed by atoms with van der Waals surface area (Å²) in [4.78, 5) is 67.2. The highest BCUT2D eigenvalue weighted by Crippen LogP contribution is 2.49. The molecule has 67 heavy (non-hydrogen) atoms. The molecule has 4 aliphatic heterocycles. The smallest absolute Gasteiger partial charge is 0.251 e. The Kier molecular flexibility index (Phi) is 13.7. The Morgan fingerprint density at radius 3 is 2.36 bits per heavy atom. The van der Waals surface area contributed by atoms with E-state index in [4.69, 9.17) is 9.72 Å². The maximum atomic E-state index is 15.4. The van der Waals surface area contributed by atoms with Gasteiger partial charge in [0.25, 0.3) is 5.91 Å². The molecule has 1 aromatic heterocycles. The standard InChI is InChI=1S/C50H65F2N9O6/c1-3-40-47(66)54-39-28-53-48(57-44(39)61(40)33-8-4-5-9-33)55-38-12-10-32(25-41(38)67-2)45(64)58-50(20-24-62)16-14-49(15-17-50)18-22-59(23-19-49)29-31-7-6-21-60(30-31)34-26-36(51)43(37(52)27-34)35-11-13-42(63)56-46(35)65/h10,12,25-28,31,33,35,40,62H,3-9,11,13-24,29-30H2,1-2H3,(H,54,66)(H,58,64)(H,53,55,57)(H,56,63,65)/t31-,35?,40-/m1/s1. The third-order valence-electron chi connectivity index (χ3n) is 15.9. The monoisotopic (exact) mass is 926 g/mol. The van der Waals surface area contributed by atoms with Crippen molar-refractivity contribution in [2.24, 2.45) is 11.3 Å². The van der Waals surface area contributed by atoms with Crippen LogP contribution in [0.1, 0.15) is 131 Å². The van der Waals surface area contributed by atoms with E-state index in [-0.39, 0.29) is 54.3 Å². The molecule has 4 amide bonds. The molecule has 9 rings (SSSR count). The van der Waals surface area contributed by atoms with Crippen LogP contribution in [0.15, 0.2) is 36.5 Å². The summed E-state index contributed by atoms with van der Waals surface area (Å²) in [5.41, 5.74) is 1.49. The quantitative estimate of drug-likeness (QED) is 0.112. The van der Waals surface area contributed by atoms with Gasteiger partial charge in [-0.15, -0.1) is 0 Å². The summed E-state index contributed by atoms with van der Waals surface area (Å²) in [5, 5.41) is 22.1. The van der Waals surface area contributed by atoms with E-state index in [1.807, 2.05) is 6.92 Å². The van der Waals surface area contributed by atoms with Gasteiger partial charge in [0.1, 0.15) is 29.1 Å². The number of halogens is 2. The molecule has 5 heterocycles. The molecule has 15 nitrogen and oxygen atoms in total. The van der Waals surface area contributed by atoms with Gasteiger partial charge in [-0.25, -0.2) is 13.8 Å². The predicted molar refractivity (Wildman–Crippen MR) is 251 cm³/mol. The maximum Gasteiger partial charge on any atom is 0.251 e. The highest BCUT2D eigenvalue weighted by Gasteiger charge is 2.45. The molecule has 0 radical (unpaired) electrons. The minimum atomic E-state index is -1.02. The molecular formula is C50H65F2N9O6. The fourth-order valence-electron chi connectivity index (χ4n) is 12.1. The molecule has 0 bridgehead atoms. The fourth-order valence-corrected chi connectivity index (χ4v) is 12.1. The molecule has 17 heteroatoms. The first-order valence-corrected chi connectivity index (χ1v) is 24.5. The summed E-state index contributed by atoms with van der Waals surface area (Å²) in [7, 11) is 1.56. The fraction of sp³-hybridized carbons (Fsp3) is 0.600. The highest BCUT2D eigenvalue weighted by atomic mass is 19.1. The lowest BCUT2D eigenvalue weighted by Gasteiger charge is -2.50. The number of aliphatic hydroxyl groups is 1. The molecule has 3 aromatic rings. The number of aromatic nitrogens is 2. The number of hydrogen-bond acceptors (Lipinski definition) is 12. The van der Waals surface area contributed by atoms with Crippen LogP contribution in [-0.4, -0.2) is 108 Å². The lowest BCUT2D eigenvalue weighted by Crippen LogP contribution is -2.54. The molecule has 5 fully saturated rings. The number of rotatable bonds is 13. The van der Waals surface area contributed by atoms with Crippen molar-refractivity contribution in [2.75, 3.05) is 66.9 Å². The Labute approximate surface area is 391 Å². The van der Waals surface area contributed by atoms with E-state index in [1.54, 1.807) is 31.5 Å². The average Bonchev–Trinajstić information content (AvgIpc) is 3.86. The first kappa shape index (κ1) is 46.7. The minimum Gasteiger partial charge on any atom is -0.495 e. The molecule has 360 valence electrons. The van der Waals surface area contributed by atoms with Crippen molar-refractivity contribution in [1.29, 1.82) is 0 Å². The number of fused-ring (bicyclic) bond motifs is 1. The number of likely N-dealkylation sites (tertiary alicyclic amines) is 1. The largest absolute Gasteiger partial charge is 0.495 e. The van der Waals surface area contributed by atoms with Crippen LogP contribution in [0.5, 0.6) is 5.75 Å². The Balaban J connectivity index is 0.786. The normalized spacial score (nSPS) is 24.3. The van der Waals surface area contributed by atoms with Gasteiger partial charge in [0.2, 0.25) is 23.7 Å². The van der Waals surface area contributed by atoms with Crippen molar-refractivity contribution < 1.29 is 37.8 Å². The zero-order valence-electron chi connectivity index (χ0n) is 38.8. The minimum absolute atomic E-state index is 0.0312. The lowest BCUT2D eigenvalue weighted by molar-refractivity contribution is -0.134. The second-order valence-electron chi connectivity index (χ2n) is 20.0. The van der Waals surface area contributed by atoms with Crippen molar-refractivity contribution in [3.05, 3.63) is 59.3 Å². The number of piperidine rings is 3. The molecule has 2 aliphatic carbocycles. The number of imide groups is 1. The summed E-state index contributed by atoms with van der Waals surface area (Å²) in [6.07, 6.45) is 14.7. The Bertz CT molecular complexity index is 2320. The number of anilines is 5. The first-order chi connectivity index (χ1) is 32.4. The zero-order chi connectivity index (χ0) is 46.9. The van der Waals surface area contributed by atoms with E-state index in [1.165, 1.54) is 12.1 Å². The molecule has 2 aromatic carbocycles. The van der Waals surface area contributed by atoms with Gasteiger partial charge in [0.15, 0.2) is 5.82 Å². The van der Waals surface area contributed by atoms with Crippen molar-refractivity contribution in [3.8, 4) is 5.75 Å². The summed E-state index contributed by atoms with van der Waals surface area (Å²) in [6.45, 7) is 6.22. The predicted octanol–water partition coefficient (Wildman–Crippen LogP) is 6.93. The number of amides is 4. The van der Waals surface area contributed by atoms with Gasteiger partial charge in [-0.2, -0.15) is 4.98 Å². The number of carbonyl (C=O) groups is 4. The molecule has 2 saturated carbocycles. The van der Waals surface area contributed by atoms with Crippen molar-refractivity contribution >= 4 is 52.5 Å². The first-order valence-electron chi connectivity index (χ1n) is 24.5. The van der Waals surface area contributed by atoms with Crippen LogP contribution < -0.4 is 35.8 Å². The van der Waals surface area contributed by atoms with Crippen LogP contribution in [0.3, 0.4) is 0 Å². The van der Waals surface area contributed by atoms with Crippen molar-refractivity contribution in [2.45, 2.75) is 133 Å². The van der Waals surface area contributed by atoms with Crippen LogP contribution in [0.4, 0.5) is 37.6 Å². The van der Waals surface area contributed by atoms with Crippen LogP contribution in [0.2, 0.25) is 0 Å². The van der Waals surface area contributed by atoms with Crippen molar-refractivity contribution in [1.82, 2.24) is 25.5 Å².